The van der Waals surface area contributed by atoms with Crippen LogP contribution in [-0.4, -0.2) is 51.5 Å². The highest BCUT2D eigenvalue weighted by Gasteiger charge is 2.57. The second-order valence-corrected chi connectivity index (χ2v) is 10.8. The summed E-state index contributed by atoms with van der Waals surface area (Å²) in [5, 5.41) is 12.3. The van der Waals surface area contributed by atoms with E-state index in [1.165, 1.54) is 6.20 Å². The molecule has 0 radical (unpaired) electrons. The van der Waals surface area contributed by atoms with Gasteiger partial charge < -0.3 is 24.6 Å². The van der Waals surface area contributed by atoms with Crippen LogP contribution in [0.25, 0.3) is 11.0 Å². The number of aromatic carboxylic acids is 1. The minimum absolute atomic E-state index is 0.0179. The molecule has 10 heteroatoms. The van der Waals surface area contributed by atoms with Crippen LogP contribution in [0.2, 0.25) is 0 Å². The van der Waals surface area contributed by atoms with Crippen LogP contribution in [-0.2, 0) is 4.74 Å². The molecule has 1 saturated heterocycles. The molecule has 2 N–H and O–H groups in total. The predicted molar refractivity (Wildman–Crippen MR) is 123 cm³/mol. The lowest BCUT2D eigenvalue weighted by molar-refractivity contribution is 0.0514. The van der Waals surface area contributed by atoms with E-state index in [9.17, 15) is 19.5 Å². The van der Waals surface area contributed by atoms with Gasteiger partial charge in [-0.05, 0) is 58.9 Å². The molecular formula is C24H29FN4O5. The number of anilines is 1. The normalized spacial score (nSPS) is 24.4. The van der Waals surface area contributed by atoms with E-state index in [0.29, 0.717) is 18.7 Å². The molecule has 1 amide bonds. The molecule has 2 aromatic heterocycles. The number of hydrogen-bond acceptors (Lipinski definition) is 6. The summed E-state index contributed by atoms with van der Waals surface area (Å²) in [5.74, 6) is -1.82. The summed E-state index contributed by atoms with van der Waals surface area (Å²) >= 11 is 0. The number of carboxylic acid groups (broad SMARTS) is 1. The number of nitrogens with one attached hydrogen (secondary N) is 1. The van der Waals surface area contributed by atoms with E-state index in [2.05, 4.69) is 10.3 Å². The average Bonchev–Trinajstić information content (AvgIpc) is 3.65. The first-order chi connectivity index (χ1) is 16.0. The van der Waals surface area contributed by atoms with Crippen LogP contribution in [0, 0.1) is 11.2 Å². The first-order valence-electron chi connectivity index (χ1n) is 11.7. The number of piperidine rings is 1. The molecule has 1 spiro atoms. The number of amides is 1. The van der Waals surface area contributed by atoms with Gasteiger partial charge in [-0.25, -0.2) is 19.0 Å². The molecule has 1 aliphatic heterocycles. The number of rotatable bonds is 4. The molecule has 0 bridgehead atoms. The zero-order valence-corrected chi connectivity index (χ0v) is 19.6. The number of nitrogens with zero attached hydrogens (tertiary/aromatic N) is 3. The largest absolute Gasteiger partial charge is 0.477 e. The molecule has 3 fully saturated rings. The van der Waals surface area contributed by atoms with Crippen LogP contribution >= 0.6 is 0 Å². The molecule has 3 aliphatic rings. The summed E-state index contributed by atoms with van der Waals surface area (Å²) in [6.07, 6.45) is 5.11. The highest BCUT2D eigenvalue weighted by molar-refractivity contribution is 5.92. The monoisotopic (exact) mass is 472 g/mol. The van der Waals surface area contributed by atoms with E-state index in [0.717, 1.165) is 38.2 Å². The zero-order valence-electron chi connectivity index (χ0n) is 19.6. The van der Waals surface area contributed by atoms with Gasteiger partial charge in [0.25, 0.3) is 0 Å². The number of pyridine rings is 2. The van der Waals surface area contributed by atoms with Crippen LogP contribution < -0.4 is 15.6 Å². The van der Waals surface area contributed by atoms with Gasteiger partial charge in [0.15, 0.2) is 11.6 Å². The van der Waals surface area contributed by atoms with Crippen molar-refractivity contribution in [3.05, 3.63) is 33.9 Å². The second-order valence-electron chi connectivity index (χ2n) is 10.8. The van der Waals surface area contributed by atoms with E-state index in [4.69, 9.17) is 4.74 Å². The third-order valence-corrected chi connectivity index (χ3v) is 6.90. The highest BCUT2D eigenvalue weighted by Crippen LogP contribution is 2.53. The van der Waals surface area contributed by atoms with E-state index >= 15 is 4.39 Å². The number of carbonyl (C=O) groups excluding carboxylic acids is 1. The Kier molecular flexibility index (Phi) is 5.11. The van der Waals surface area contributed by atoms with Crippen molar-refractivity contribution in [3.8, 4) is 0 Å². The second kappa shape index (κ2) is 7.68. The summed E-state index contributed by atoms with van der Waals surface area (Å²) in [6.45, 7) is 6.58. The summed E-state index contributed by atoms with van der Waals surface area (Å²) in [5.41, 5.74) is -1.54. The van der Waals surface area contributed by atoms with Crippen molar-refractivity contribution in [1.82, 2.24) is 14.9 Å². The van der Waals surface area contributed by atoms with E-state index in [1.54, 1.807) is 4.57 Å². The number of carboxylic acids is 1. The number of fused-ring (bicyclic) bond motifs is 1. The Balaban J connectivity index is 1.43. The number of halogens is 1. The molecule has 5 rings (SSSR count). The van der Waals surface area contributed by atoms with Crippen LogP contribution in [0.1, 0.15) is 69.3 Å². The third-order valence-electron chi connectivity index (χ3n) is 6.90. The maximum Gasteiger partial charge on any atom is 0.407 e. The first-order valence-corrected chi connectivity index (χ1v) is 11.7. The molecule has 3 heterocycles. The van der Waals surface area contributed by atoms with Crippen molar-refractivity contribution in [2.24, 2.45) is 5.41 Å². The Morgan fingerprint density at radius 3 is 2.71 bits per heavy atom. The standard InChI is InChI=1S/C24H29FN4O5/c1-23(2,3)34-22(33)26-17-10-24(17)7-4-8-28(12-24)20-16(25)9-14-18(30)15(21(31)32)11-29(13-5-6-13)19(14)27-20/h9,11,13,17H,4-8,10,12H2,1-3H3,(H,26,33)(H,31,32)/t17-,24+/m0/s1. The summed E-state index contributed by atoms with van der Waals surface area (Å²) in [7, 11) is 0. The third kappa shape index (κ3) is 4.10. The highest BCUT2D eigenvalue weighted by atomic mass is 19.1. The topological polar surface area (TPSA) is 114 Å². The van der Waals surface area contributed by atoms with E-state index in [1.807, 2.05) is 25.7 Å². The number of ether oxygens (including phenoxy) is 1. The number of alkyl carbamates (subject to hydrolysis) is 1. The molecule has 2 aliphatic carbocycles. The van der Waals surface area contributed by atoms with Crippen LogP contribution in [0.15, 0.2) is 17.1 Å². The van der Waals surface area contributed by atoms with Crippen molar-refractivity contribution < 1.29 is 23.8 Å². The Morgan fingerprint density at radius 1 is 1.32 bits per heavy atom. The fourth-order valence-electron chi connectivity index (χ4n) is 5.04. The van der Waals surface area contributed by atoms with Gasteiger partial charge in [-0.3, -0.25) is 4.79 Å². The molecule has 182 valence electrons. The lowest BCUT2D eigenvalue weighted by Crippen LogP contribution is -2.43. The smallest absolute Gasteiger partial charge is 0.407 e. The average molecular weight is 473 g/mol. The molecule has 0 unspecified atom stereocenters. The molecule has 2 saturated carbocycles. The predicted octanol–water partition coefficient (Wildman–Crippen LogP) is 3.45. The van der Waals surface area contributed by atoms with Crippen molar-refractivity contribution in [2.45, 2.75) is 70.6 Å². The summed E-state index contributed by atoms with van der Waals surface area (Å²) < 4.78 is 22.3. The number of aromatic nitrogens is 2. The van der Waals surface area contributed by atoms with E-state index in [-0.39, 0.29) is 34.3 Å². The first kappa shape index (κ1) is 22.6. The van der Waals surface area contributed by atoms with Crippen molar-refractivity contribution in [1.29, 1.82) is 0 Å². The molecule has 34 heavy (non-hydrogen) atoms. The van der Waals surface area contributed by atoms with Gasteiger partial charge in [-0.1, -0.05) is 0 Å². The van der Waals surface area contributed by atoms with Gasteiger partial charge in [-0.15, -0.1) is 0 Å². The molecule has 9 nitrogen and oxygen atoms in total. The molecule has 2 atom stereocenters. The fraction of sp³-hybridized carbons (Fsp3) is 0.583. The zero-order chi connectivity index (χ0) is 24.4. The van der Waals surface area contributed by atoms with Gasteiger partial charge in [0.1, 0.15) is 16.8 Å². The Hall–Kier alpha value is -3.17. The molecule has 2 aromatic rings. The quantitative estimate of drug-likeness (QED) is 0.701. The summed E-state index contributed by atoms with van der Waals surface area (Å²) in [6, 6.07) is 1.14. The SMILES string of the molecule is CC(C)(C)OC(=O)N[C@H]1C[C@@]12CCCN(c1nc3c(cc1F)c(=O)c(C(=O)O)cn3C1CC1)C2. The van der Waals surface area contributed by atoms with Gasteiger partial charge in [0.05, 0.1) is 5.39 Å². The van der Waals surface area contributed by atoms with Crippen molar-refractivity contribution in [3.63, 3.8) is 0 Å². The Labute approximate surface area is 195 Å². The Morgan fingerprint density at radius 2 is 2.06 bits per heavy atom. The molecule has 0 aromatic carbocycles. The number of hydrogen-bond donors (Lipinski definition) is 2. The lowest BCUT2D eigenvalue weighted by atomic mass is 9.94. The van der Waals surface area contributed by atoms with E-state index < -0.39 is 28.9 Å². The Bertz CT molecular complexity index is 1250. The minimum atomic E-state index is -1.33. The fourth-order valence-corrected chi connectivity index (χ4v) is 5.04. The molecular weight excluding hydrogens is 443 g/mol. The van der Waals surface area contributed by atoms with Gasteiger partial charge in [-0.2, -0.15) is 0 Å². The lowest BCUT2D eigenvalue weighted by Gasteiger charge is -2.35. The van der Waals surface area contributed by atoms with Gasteiger partial charge >= 0.3 is 12.1 Å². The van der Waals surface area contributed by atoms with Crippen molar-refractivity contribution in [2.75, 3.05) is 18.0 Å². The van der Waals surface area contributed by atoms with Crippen LogP contribution in [0.4, 0.5) is 15.0 Å². The van der Waals surface area contributed by atoms with Crippen LogP contribution in [0.5, 0.6) is 0 Å². The summed E-state index contributed by atoms with van der Waals surface area (Å²) in [4.78, 5) is 42.9. The number of carbonyl (C=O) groups is 2. The maximum absolute atomic E-state index is 15.2. The van der Waals surface area contributed by atoms with Crippen LogP contribution in [0.3, 0.4) is 0 Å². The van der Waals surface area contributed by atoms with Crippen molar-refractivity contribution >= 4 is 28.9 Å². The van der Waals surface area contributed by atoms with Gasteiger partial charge in [0.2, 0.25) is 5.43 Å². The minimum Gasteiger partial charge on any atom is -0.477 e. The maximum atomic E-state index is 15.2. The van der Waals surface area contributed by atoms with Gasteiger partial charge in [0, 0.05) is 36.8 Å².